The van der Waals surface area contributed by atoms with E-state index in [-0.39, 0.29) is 17.6 Å². The summed E-state index contributed by atoms with van der Waals surface area (Å²) in [5.74, 6) is -0.150. The molecule has 1 fully saturated rings. The first-order chi connectivity index (χ1) is 12.9. The minimum absolute atomic E-state index is 0.0367. The van der Waals surface area contributed by atoms with Crippen molar-refractivity contribution < 1.29 is 14.0 Å². The number of piperazine rings is 1. The number of aromatic nitrogens is 1. The summed E-state index contributed by atoms with van der Waals surface area (Å²) in [6.45, 7) is 6.15. The Balaban J connectivity index is 1.52. The van der Waals surface area contributed by atoms with Gasteiger partial charge in [0.05, 0.1) is 5.56 Å². The normalized spacial score (nSPS) is 14.5. The van der Waals surface area contributed by atoms with Crippen LogP contribution in [0.3, 0.4) is 0 Å². The van der Waals surface area contributed by atoms with Gasteiger partial charge in [0.15, 0.2) is 0 Å². The van der Waals surface area contributed by atoms with E-state index in [9.17, 15) is 14.0 Å². The van der Waals surface area contributed by atoms with Crippen molar-refractivity contribution in [2.45, 2.75) is 26.7 Å². The van der Waals surface area contributed by atoms with E-state index in [0.29, 0.717) is 39.0 Å². The van der Waals surface area contributed by atoms with Crippen molar-refractivity contribution >= 4 is 11.8 Å². The third-order valence-corrected chi connectivity index (χ3v) is 5.47. The molecule has 2 amide bonds. The first-order valence-corrected chi connectivity index (χ1v) is 9.31. The van der Waals surface area contributed by atoms with Gasteiger partial charge in [-0.3, -0.25) is 9.59 Å². The molecule has 1 aliphatic rings. The number of hydrogen-bond acceptors (Lipinski definition) is 2. The Labute approximate surface area is 159 Å². The highest BCUT2D eigenvalue weighted by Crippen LogP contribution is 2.17. The van der Waals surface area contributed by atoms with E-state index in [2.05, 4.69) is 0 Å². The van der Waals surface area contributed by atoms with E-state index in [1.807, 2.05) is 41.3 Å². The molecule has 0 unspecified atom stereocenters. The zero-order chi connectivity index (χ0) is 19.6. The molecule has 0 N–H and O–H groups in total. The standard InChI is InChI=1S/C21H26FN3O2/c1-15-14-19(16(2)23(15)3)21(27)25-12-10-24(11-13-25)20(26)9-6-17-4-7-18(22)8-5-17/h4-5,7-8,14H,6,9-13H2,1-3H3. The van der Waals surface area contributed by atoms with E-state index in [0.717, 1.165) is 22.5 Å². The Bertz CT molecular complexity index is 834. The van der Waals surface area contributed by atoms with Crippen LogP contribution in [0, 0.1) is 19.7 Å². The van der Waals surface area contributed by atoms with Gasteiger partial charge in [0.2, 0.25) is 5.91 Å². The molecular formula is C21H26FN3O2. The molecule has 144 valence electrons. The highest BCUT2D eigenvalue weighted by molar-refractivity contribution is 5.96. The number of aryl methyl sites for hydroxylation is 2. The second-order valence-corrected chi connectivity index (χ2v) is 7.14. The van der Waals surface area contributed by atoms with E-state index < -0.39 is 0 Å². The maximum atomic E-state index is 12.9. The van der Waals surface area contributed by atoms with E-state index in [1.165, 1.54) is 12.1 Å². The maximum absolute atomic E-state index is 12.9. The van der Waals surface area contributed by atoms with Crippen LogP contribution in [0.5, 0.6) is 0 Å². The van der Waals surface area contributed by atoms with Gasteiger partial charge in [0, 0.05) is 51.0 Å². The highest BCUT2D eigenvalue weighted by atomic mass is 19.1. The van der Waals surface area contributed by atoms with E-state index in [1.54, 1.807) is 12.1 Å². The number of carbonyl (C=O) groups is 2. The Hall–Kier alpha value is -2.63. The lowest BCUT2D eigenvalue weighted by Gasteiger charge is -2.35. The molecule has 1 aromatic heterocycles. The maximum Gasteiger partial charge on any atom is 0.255 e. The van der Waals surface area contributed by atoms with Crippen LogP contribution in [0.25, 0.3) is 0 Å². The predicted octanol–water partition coefficient (Wildman–Crippen LogP) is 2.70. The molecule has 2 heterocycles. The summed E-state index contributed by atoms with van der Waals surface area (Å²) in [4.78, 5) is 28.9. The molecule has 1 saturated heterocycles. The van der Waals surface area contributed by atoms with Gasteiger partial charge in [-0.2, -0.15) is 0 Å². The summed E-state index contributed by atoms with van der Waals surface area (Å²) < 4.78 is 15.0. The summed E-state index contributed by atoms with van der Waals surface area (Å²) in [6.07, 6.45) is 0.997. The number of carbonyl (C=O) groups excluding carboxylic acids is 2. The van der Waals surface area contributed by atoms with Crippen LogP contribution in [0.2, 0.25) is 0 Å². The lowest BCUT2D eigenvalue weighted by Crippen LogP contribution is -2.50. The number of hydrogen-bond donors (Lipinski definition) is 0. The predicted molar refractivity (Wildman–Crippen MR) is 102 cm³/mol. The highest BCUT2D eigenvalue weighted by Gasteiger charge is 2.26. The van der Waals surface area contributed by atoms with Gasteiger partial charge < -0.3 is 14.4 Å². The molecule has 0 aliphatic carbocycles. The Morgan fingerprint density at radius 1 is 1.00 bits per heavy atom. The van der Waals surface area contributed by atoms with E-state index >= 15 is 0 Å². The quantitative estimate of drug-likeness (QED) is 0.830. The van der Waals surface area contributed by atoms with Crippen molar-refractivity contribution in [1.82, 2.24) is 14.4 Å². The number of nitrogens with zero attached hydrogens (tertiary/aromatic N) is 3. The SMILES string of the molecule is Cc1cc(C(=O)N2CCN(C(=O)CCc3ccc(F)cc3)CC2)c(C)n1C. The van der Waals surface area contributed by atoms with Crippen LogP contribution in [-0.4, -0.2) is 52.4 Å². The van der Waals surface area contributed by atoms with Crippen molar-refractivity contribution in [3.8, 4) is 0 Å². The van der Waals surface area contributed by atoms with Crippen LogP contribution < -0.4 is 0 Å². The molecule has 0 bridgehead atoms. The lowest BCUT2D eigenvalue weighted by molar-refractivity contribution is -0.132. The molecule has 2 aromatic rings. The lowest BCUT2D eigenvalue weighted by atomic mass is 10.1. The minimum atomic E-state index is -0.269. The van der Waals surface area contributed by atoms with Crippen molar-refractivity contribution in [3.05, 3.63) is 58.7 Å². The fourth-order valence-corrected chi connectivity index (χ4v) is 3.46. The second-order valence-electron chi connectivity index (χ2n) is 7.14. The summed E-state index contributed by atoms with van der Waals surface area (Å²) in [6, 6.07) is 8.18. The van der Waals surface area contributed by atoms with Crippen LogP contribution in [0.4, 0.5) is 4.39 Å². The molecule has 5 nitrogen and oxygen atoms in total. The molecule has 27 heavy (non-hydrogen) atoms. The average molecular weight is 371 g/mol. The van der Waals surface area contributed by atoms with Gasteiger partial charge >= 0.3 is 0 Å². The van der Waals surface area contributed by atoms with Crippen LogP contribution in [-0.2, 0) is 18.3 Å². The fraction of sp³-hybridized carbons (Fsp3) is 0.429. The zero-order valence-corrected chi connectivity index (χ0v) is 16.2. The van der Waals surface area contributed by atoms with Gasteiger partial charge in [0.25, 0.3) is 5.91 Å². The fourth-order valence-electron chi connectivity index (χ4n) is 3.46. The van der Waals surface area contributed by atoms with Crippen LogP contribution >= 0.6 is 0 Å². The monoisotopic (exact) mass is 371 g/mol. The molecule has 1 aliphatic heterocycles. The minimum Gasteiger partial charge on any atom is -0.351 e. The van der Waals surface area contributed by atoms with Crippen LogP contribution in [0.1, 0.15) is 33.7 Å². The van der Waals surface area contributed by atoms with Gasteiger partial charge in [-0.1, -0.05) is 12.1 Å². The molecule has 0 saturated carbocycles. The van der Waals surface area contributed by atoms with Gasteiger partial charge in [-0.25, -0.2) is 4.39 Å². The molecular weight excluding hydrogens is 345 g/mol. The van der Waals surface area contributed by atoms with E-state index in [4.69, 9.17) is 0 Å². The van der Waals surface area contributed by atoms with Crippen molar-refractivity contribution in [1.29, 1.82) is 0 Å². The topological polar surface area (TPSA) is 45.6 Å². The molecule has 6 heteroatoms. The number of amides is 2. The first-order valence-electron chi connectivity index (χ1n) is 9.31. The van der Waals surface area contributed by atoms with Gasteiger partial charge in [-0.15, -0.1) is 0 Å². The molecule has 0 atom stereocenters. The number of benzene rings is 1. The van der Waals surface area contributed by atoms with Gasteiger partial charge in [-0.05, 0) is 44.0 Å². The Morgan fingerprint density at radius 2 is 1.59 bits per heavy atom. The molecule has 0 radical (unpaired) electrons. The third-order valence-electron chi connectivity index (χ3n) is 5.47. The molecule has 1 aromatic carbocycles. The Kier molecular flexibility index (Phi) is 5.63. The third kappa shape index (κ3) is 4.21. The van der Waals surface area contributed by atoms with Crippen molar-refractivity contribution in [3.63, 3.8) is 0 Å². The van der Waals surface area contributed by atoms with Gasteiger partial charge in [0.1, 0.15) is 5.82 Å². The summed E-state index contributed by atoms with van der Waals surface area (Å²) in [5.41, 5.74) is 3.72. The second kappa shape index (κ2) is 7.94. The largest absolute Gasteiger partial charge is 0.351 e. The van der Waals surface area contributed by atoms with Crippen molar-refractivity contribution in [2.24, 2.45) is 7.05 Å². The first kappa shape index (κ1) is 19.1. The summed E-state index contributed by atoms with van der Waals surface area (Å²) in [7, 11) is 1.96. The van der Waals surface area contributed by atoms with Crippen LogP contribution in [0.15, 0.2) is 30.3 Å². The molecule has 0 spiro atoms. The number of halogens is 1. The number of rotatable bonds is 4. The Morgan fingerprint density at radius 3 is 2.15 bits per heavy atom. The summed E-state index contributed by atoms with van der Waals surface area (Å²) >= 11 is 0. The van der Waals surface area contributed by atoms with Crippen molar-refractivity contribution in [2.75, 3.05) is 26.2 Å². The molecule has 3 rings (SSSR count). The average Bonchev–Trinajstić information content (AvgIpc) is 2.94. The smallest absolute Gasteiger partial charge is 0.255 e. The summed E-state index contributed by atoms with van der Waals surface area (Å²) in [5, 5.41) is 0. The zero-order valence-electron chi connectivity index (χ0n) is 16.2.